The van der Waals surface area contributed by atoms with Gasteiger partial charge in [0.15, 0.2) is 0 Å². The van der Waals surface area contributed by atoms with Gasteiger partial charge in [-0.2, -0.15) is 0 Å². The Bertz CT molecular complexity index is 955. The number of terminal acetylenes is 1. The molecular weight excluding hydrogens is 312 g/mol. The molecule has 5 rings (SSSR count). The maximum atomic E-state index is 5.96. The molecule has 0 amide bonds. The van der Waals surface area contributed by atoms with Crippen LogP contribution in [-0.4, -0.2) is 0 Å². The average Bonchev–Trinajstić information content (AvgIpc) is 2.65. The maximum absolute atomic E-state index is 5.96. The maximum Gasteiger partial charge on any atom is 0.0307 e. The van der Waals surface area contributed by atoms with Gasteiger partial charge in [-0.05, 0) is 69.7 Å². The zero-order valence-corrected chi connectivity index (χ0v) is 16.0. The van der Waals surface area contributed by atoms with Crippen molar-refractivity contribution < 1.29 is 0 Å². The minimum absolute atomic E-state index is 0.136. The molecule has 0 heteroatoms. The van der Waals surface area contributed by atoms with Crippen molar-refractivity contribution in [1.82, 2.24) is 0 Å². The third-order valence-electron chi connectivity index (χ3n) is 5.74. The number of hydrogen-bond acceptors (Lipinski definition) is 0. The fourth-order valence-corrected chi connectivity index (χ4v) is 4.18. The van der Waals surface area contributed by atoms with Gasteiger partial charge < -0.3 is 0 Å². The number of rotatable bonds is 0. The summed E-state index contributed by atoms with van der Waals surface area (Å²) in [6, 6.07) is 18.2. The zero-order chi connectivity index (χ0) is 18.3. The van der Waals surface area contributed by atoms with E-state index in [0.29, 0.717) is 0 Å². The molecular formula is C26H26. The molecule has 0 fully saturated rings. The minimum atomic E-state index is 0.136. The topological polar surface area (TPSA) is 0 Å². The van der Waals surface area contributed by atoms with Crippen LogP contribution in [0, 0.1) is 12.3 Å². The molecule has 2 aliphatic carbocycles. The molecule has 3 aromatic carbocycles. The van der Waals surface area contributed by atoms with Gasteiger partial charge in [-0.3, -0.25) is 0 Å². The molecule has 0 saturated carbocycles. The molecule has 0 heterocycles. The molecule has 130 valence electrons. The molecule has 0 atom stereocenters. The number of benzene rings is 3. The third kappa shape index (κ3) is 2.93. The van der Waals surface area contributed by atoms with Crippen LogP contribution >= 0.6 is 0 Å². The summed E-state index contributed by atoms with van der Waals surface area (Å²) in [6.45, 7) is 6.86. The monoisotopic (exact) mass is 338 g/mol. The van der Waals surface area contributed by atoms with E-state index in [0.717, 1.165) is 31.2 Å². The van der Waals surface area contributed by atoms with E-state index in [4.69, 9.17) is 6.42 Å². The summed E-state index contributed by atoms with van der Waals surface area (Å²) in [5.41, 5.74) is 8.19. The second-order valence-electron chi connectivity index (χ2n) is 8.49. The van der Waals surface area contributed by atoms with E-state index in [1.54, 1.807) is 0 Å². The lowest BCUT2D eigenvalue weighted by Crippen LogP contribution is -2.14. The quantitative estimate of drug-likeness (QED) is 0.441. The Hall–Kier alpha value is -2.52. The van der Waals surface area contributed by atoms with Crippen LogP contribution in [0.25, 0.3) is 10.8 Å². The van der Waals surface area contributed by atoms with E-state index in [1.165, 1.54) is 38.6 Å². The summed E-state index contributed by atoms with van der Waals surface area (Å²) in [5.74, 6) is 3.01. The molecule has 0 spiro atoms. The highest BCUT2D eigenvalue weighted by Gasteiger charge is 2.19. The minimum Gasteiger partial charge on any atom is -0.115 e. The number of hydrogen-bond donors (Lipinski definition) is 0. The van der Waals surface area contributed by atoms with Gasteiger partial charge in [0.2, 0.25) is 0 Å². The molecule has 0 N–H and O–H groups in total. The lowest BCUT2D eigenvalue weighted by atomic mass is 9.82. The second kappa shape index (κ2) is 6.33. The van der Waals surface area contributed by atoms with Crippen LogP contribution in [0.5, 0.6) is 0 Å². The molecule has 3 aromatic rings. The van der Waals surface area contributed by atoms with Crippen LogP contribution < -0.4 is 0 Å². The van der Waals surface area contributed by atoms with Gasteiger partial charge in [0.1, 0.15) is 0 Å². The first-order valence-corrected chi connectivity index (χ1v) is 9.60. The van der Waals surface area contributed by atoms with Gasteiger partial charge in [0.05, 0.1) is 0 Å². The van der Waals surface area contributed by atoms with E-state index in [9.17, 15) is 0 Å². The summed E-state index contributed by atoms with van der Waals surface area (Å²) in [5, 5.41) is 2.80. The van der Waals surface area contributed by atoms with E-state index in [-0.39, 0.29) is 5.41 Å². The molecule has 0 radical (unpaired) electrons. The van der Waals surface area contributed by atoms with Gasteiger partial charge >= 0.3 is 0 Å². The summed E-state index contributed by atoms with van der Waals surface area (Å²) >= 11 is 0. The second-order valence-corrected chi connectivity index (χ2v) is 8.49. The Balaban J connectivity index is 1.92. The molecule has 26 heavy (non-hydrogen) atoms. The van der Waals surface area contributed by atoms with Gasteiger partial charge in [-0.25, -0.2) is 0 Å². The van der Waals surface area contributed by atoms with Crippen molar-refractivity contribution in [1.29, 1.82) is 0 Å². The Morgan fingerprint density at radius 3 is 1.62 bits per heavy atom. The third-order valence-corrected chi connectivity index (χ3v) is 5.74. The van der Waals surface area contributed by atoms with Crippen LogP contribution in [0.3, 0.4) is 0 Å². The predicted octanol–water partition coefficient (Wildman–Crippen LogP) is 6.00. The van der Waals surface area contributed by atoms with Crippen LogP contribution in [0.4, 0.5) is 0 Å². The van der Waals surface area contributed by atoms with E-state index >= 15 is 0 Å². The Morgan fingerprint density at radius 2 is 1.19 bits per heavy atom. The average molecular weight is 338 g/mol. The molecule has 4 bridgehead atoms. The number of fused-ring (bicyclic) bond motifs is 3. The van der Waals surface area contributed by atoms with E-state index in [1.807, 2.05) is 0 Å². The van der Waals surface area contributed by atoms with Crippen molar-refractivity contribution in [2.75, 3.05) is 0 Å². The largest absolute Gasteiger partial charge is 0.115 e. The lowest BCUT2D eigenvalue weighted by molar-refractivity contribution is 0.588. The van der Waals surface area contributed by atoms with Crippen LogP contribution in [0.2, 0.25) is 0 Å². The van der Waals surface area contributed by atoms with Crippen molar-refractivity contribution in [3.8, 4) is 12.3 Å². The Morgan fingerprint density at radius 1 is 0.731 bits per heavy atom. The standard InChI is InChI=1S/C26H26/c1-5-23-20-14-12-18-10-11-19(25-9-7-6-8-24(18)25)13-15-21(23)17-22(16-20)26(2,3)4/h1,6-11,16-17H,12-15H2,2-4H3. The highest BCUT2D eigenvalue weighted by atomic mass is 14.2. The number of aryl methyl sites for hydroxylation is 4. The Labute approximate surface area is 157 Å². The smallest absolute Gasteiger partial charge is 0.0307 e. The highest BCUT2D eigenvalue weighted by Crippen LogP contribution is 2.32. The molecule has 0 nitrogen and oxygen atoms in total. The summed E-state index contributed by atoms with van der Waals surface area (Å²) in [6.07, 6.45) is 10.0. The van der Waals surface area contributed by atoms with Crippen LogP contribution in [0.1, 0.15) is 54.2 Å². The van der Waals surface area contributed by atoms with Gasteiger partial charge in [0.25, 0.3) is 0 Å². The van der Waals surface area contributed by atoms with Crippen LogP contribution in [-0.2, 0) is 31.1 Å². The zero-order valence-electron chi connectivity index (χ0n) is 16.0. The first-order valence-electron chi connectivity index (χ1n) is 9.60. The molecule has 0 aromatic heterocycles. The highest BCUT2D eigenvalue weighted by molar-refractivity contribution is 5.88. The lowest BCUT2D eigenvalue weighted by Gasteiger charge is -2.23. The van der Waals surface area contributed by atoms with Gasteiger partial charge in [-0.1, -0.05) is 75.2 Å². The summed E-state index contributed by atoms with van der Waals surface area (Å²) in [7, 11) is 0. The fourth-order valence-electron chi connectivity index (χ4n) is 4.18. The van der Waals surface area contributed by atoms with Crippen molar-refractivity contribution in [3.05, 3.63) is 81.9 Å². The summed E-state index contributed by atoms with van der Waals surface area (Å²) in [4.78, 5) is 0. The van der Waals surface area contributed by atoms with Gasteiger partial charge in [0, 0.05) is 5.56 Å². The van der Waals surface area contributed by atoms with Gasteiger partial charge in [-0.15, -0.1) is 6.42 Å². The SMILES string of the molecule is C#Cc1c2cc(C(C)(C)C)cc1CCc1ccc(c3ccccc13)CC2. The van der Waals surface area contributed by atoms with Crippen molar-refractivity contribution in [2.24, 2.45) is 0 Å². The molecule has 0 saturated heterocycles. The first kappa shape index (κ1) is 16.9. The molecule has 0 unspecified atom stereocenters. The van der Waals surface area contributed by atoms with Crippen LogP contribution in [0.15, 0.2) is 48.5 Å². The Kier molecular flexibility index (Phi) is 4.12. The summed E-state index contributed by atoms with van der Waals surface area (Å²) < 4.78 is 0. The normalized spacial score (nSPS) is 14.1. The van der Waals surface area contributed by atoms with E-state index < -0.39 is 0 Å². The van der Waals surface area contributed by atoms with Crippen molar-refractivity contribution >= 4 is 10.8 Å². The first-order chi connectivity index (χ1) is 12.5. The van der Waals surface area contributed by atoms with E-state index in [2.05, 4.69) is 75.2 Å². The fraction of sp³-hybridized carbons (Fsp3) is 0.308. The molecule has 0 aliphatic heterocycles. The molecule has 2 aliphatic rings. The van der Waals surface area contributed by atoms with Crippen molar-refractivity contribution in [3.63, 3.8) is 0 Å². The van der Waals surface area contributed by atoms with Crippen molar-refractivity contribution in [2.45, 2.75) is 51.9 Å². The predicted molar refractivity (Wildman–Crippen MR) is 112 cm³/mol.